The van der Waals surface area contributed by atoms with Crippen LogP contribution in [0.4, 0.5) is 5.69 Å². The standard InChI is InChI=1S/C21H24ClNO4/c1-4-5-8-23-19-7-6-15(22)11-18(19)21(25,20(23)24)13-14-9-16(26-2)12-17(10-14)27-3/h6-7,9-12,25H,4-5,8,13H2,1-3H3. The summed E-state index contributed by atoms with van der Waals surface area (Å²) < 4.78 is 10.6. The van der Waals surface area contributed by atoms with Gasteiger partial charge in [0.15, 0.2) is 5.60 Å². The van der Waals surface area contributed by atoms with Gasteiger partial charge in [-0.15, -0.1) is 0 Å². The molecule has 1 unspecified atom stereocenters. The van der Waals surface area contributed by atoms with Gasteiger partial charge in [-0.3, -0.25) is 4.79 Å². The van der Waals surface area contributed by atoms with Crippen molar-refractivity contribution in [1.82, 2.24) is 0 Å². The van der Waals surface area contributed by atoms with Gasteiger partial charge in [0.1, 0.15) is 11.5 Å². The molecule has 1 amide bonds. The van der Waals surface area contributed by atoms with Gasteiger partial charge < -0.3 is 19.5 Å². The van der Waals surface area contributed by atoms with Gasteiger partial charge in [-0.25, -0.2) is 0 Å². The highest BCUT2D eigenvalue weighted by atomic mass is 35.5. The Hall–Kier alpha value is -2.24. The van der Waals surface area contributed by atoms with Crippen molar-refractivity contribution in [3.8, 4) is 11.5 Å². The van der Waals surface area contributed by atoms with Gasteiger partial charge >= 0.3 is 0 Å². The third-order valence-electron chi connectivity index (χ3n) is 4.90. The number of methoxy groups -OCH3 is 2. The van der Waals surface area contributed by atoms with E-state index in [1.165, 1.54) is 0 Å². The molecular weight excluding hydrogens is 366 g/mol. The lowest BCUT2D eigenvalue weighted by Crippen LogP contribution is -2.42. The van der Waals surface area contributed by atoms with E-state index in [0.29, 0.717) is 28.6 Å². The minimum atomic E-state index is -1.68. The quantitative estimate of drug-likeness (QED) is 0.779. The van der Waals surface area contributed by atoms with Crippen molar-refractivity contribution in [3.63, 3.8) is 0 Å². The van der Waals surface area contributed by atoms with E-state index in [2.05, 4.69) is 6.92 Å². The molecule has 6 heteroatoms. The lowest BCUT2D eigenvalue weighted by Gasteiger charge is -2.24. The summed E-state index contributed by atoms with van der Waals surface area (Å²) in [6, 6.07) is 10.6. The number of amides is 1. The van der Waals surface area contributed by atoms with Crippen LogP contribution in [0.1, 0.15) is 30.9 Å². The van der Waals surface area contributed by atoms with Gasteiger partial charge in [-0.05, 0) is 42.3 Å². The maximum atomic E-state index is 13.2. The molecule has 1 heterocycles. The zero-order chi connectivity index (χ0) is 19.6. The van der Waals surface area contributed by atoms with Crippen LogP contribution in [0.25, 0.3) is 0 Å². The topological polar surface area (TPSA) is 59.0 Å². The van der Waals surface area contributed by atoms with Crippen LogP contribution in [0.5, 0.6) is 11.5 Å². The number of carbonyl (C=O) groups excluding carboxylic acids is 1. The van der Waals surface area contributed by atoms with Gasteiger partial charge in [0.25, 0.3) is 5.91 Å². The van der Waals surface area contributed by atoms with E-state index in [-0.39, 0.29) is 12.3 Å². The average Bonchev–Trinajstić information content (AvgIpc) is 2.86. The molecule has 0 bridgehead atoms. The van der Waals surface area contributed by atoms with E-state index >= 15 is 0 Å². The largest absolute Gasteiger partial charge is 0.497 e. The number of hydrogen-bond donors (Lipinski definition) is 1. The molecule has 1 atom stereocenters. The third kappa shape index (κ3) is 3.62. The molecule has 2 aromatic rings. The van der Waals surface area contributed by atoms with Crippen LogP contribution in [-0.4, -0.2) is 31.8 Å². The van der Waals surface area contributed by atoms with Crippen molar-refractivity contribution in [2.45, 2.75) is 31.8 Å². The van der Waals surface area contributed by atoms with Crippen molar-refractivity contribution in [2.75, 3.05) is 25.7 Å². The smallest absolute Gasteiger partial charge is 0.264 e. The third-order valence-corrected chi connectivity index (χ3v) is 5.14. The zero-order valence-corrected chi connectivity index (χ0v) is 16.5. The number of rotatable bonds is 7. The summed E-state index contributed by atoms with van der Waals surface area (Å²) in [4.78, 5) is 14.8. The van der Waals surface area contributed by atoms with Gasteiger partial charge in [0.05, 0.1) is 19.9 Å². The van der Waals surface area contributed by atoms with Crippen LogP contribution in [0.2, 0.25) is 5.02 Å². The summed E-state index contributed by atoms with van der Waals surface area (Å²) in [5, 5.41) is 11.9. The van der Waals surface area contributed by atoms with Crippen molar-refractivity contribution in [3.05, 3.63) is 52.5 Å². The molecule has 27 heavy (non-hydrogen) atoms. The highest BCUT2D eigenvalue weighted by Crippen LogP contribution is 2.44. The number of aliphatic hydroxyl groups is 1. The molecule has 0 aliphatic carbocycles. The fraction of sp³-hybridized carbons (Fsp3) is 0.381. The molecule has 0 saturated heterocycles. The number of fused-ring (bicyclic) bond motifs is 1. The number of halogens is 1. The summed E-state index contributed by atoms with van der Waals surface area (Å²) in [6.07, 6.45) is 1.92. The fourth-order valence-corrected chi connectivity index (χ4v) is 3.67. The monoisotopic (exact) mass is 389 g/mol. The van der Waals surface area contributed by atoms with Gasteiger partial charge in [-0.2, -0.15) is 0 Å². The zero-order valence-electron chi connectivity index (χ0n) is 15.8. The van der Waals surface area contributed by atoms with Crippen LogP contribution < -0.4 is 14.4 Å². The van der Waals surface area contributed by atoms with Crippen LogP contribution in [0.3, 0.4) is 0 Å². The molecule has 0 spiro atoms. The lowest BCUT2D eigenvalue weighted by atomic mass is 9.88. The number of unbranched alkanes of at least 4 members (excludes halogenated alkanes) is 1. The molecule has 1 N–H and O–H groups in total. The SMILES string of the molecule is CCCCN1C(=O)C(O)(Cc2cc(OC)cc(OC)c2)c2cc(Cl)ccc21. The Morgan fingerprint density at radius 2 is 1.78 bits per heavy atom. The number of benzene rings is 2. The summed E-state index contributed by atoms with van der Waals surface area (Å²) in [6.45, 7) is 2.63. The van der Waals surface area contributed by atoms with Gasteiger partial charge in [0, 0.05) is 29.6 Å². The van der Waals surface area contributed by atoms with Crippen LogP contribution in [0.15, 0.2) is 36.4 Å². The minimum Gasteiger partial charge on any atom is -0.497 e. The lowest BCUT2D eigenvalue weighted by molar-refractivity contribution is -0.136. The first kappa shape index (κ1) is 19.5. The average molecular weight is 390 g/mol. The first-order valence-corrected chi connectivity index (χ1v) is 9.37. The Bertz CT molecular complexity index is 832. The molecule has 5 nitrogen and oxygen atoms in total. The maximum absolute atomic E-state index is 13.2. The minimum absolute atomic E-state index is 0.107. The number of carbonyl (C=O) groups is 1. The molecule has 1 aliphatic rings. The number of nitrogens with zero attached hydrogens (tertiary/aromatic N) is 1. The molecule has 0 saturated carbocycles. The summed E-state index contributed by atoms with van der Waals surface area (Å²) >= 11 is 6.17. The van der Waals surface area contributed by atoms with E-state index in [9.17, 15) is 9.90 Å². The number of hydrogen-bond acceptors (Lipinski definition) is 4. The molecule has 2 aromatic carbocycles. The molecule has 1 aliphatic heterocycles. The van der Waals surface area contributed by atoms with Crippen molar-refractivity contribution in [1.29, 1.82) is 0 Å². The highest BCUT2D eigenvalue weighted by Gasteiger charge is 2.49. The Morgan fingerprint density at radius 3 is 2.37 bits per heavy atom. The first-order chi connectivity index (χ1) is 12.9. The second-order valence-electron chi connectivity index (χ2n) is 6.73. The summed E-state index contributed by atoms with van der Waals surface area (Å²) in [7, 11) is 3.13. The van der Waals surface area contributed by atoms with E-state index in [1.807, 2.05) is 0 Å². The van der Waals surface area contributed by atoms with Gasteiger partial charge in [-0.1, -0.05) is 24.9 Å². The van der Waals surface area contributed by atoms with Crippen molar-refractivity contribution >= 4 is 23.2 Å². The highest BCUT2D eigenvalue weighted by molar-refractivity contribution is 6.31. The Kier molecular flexibility index (Phi) is 5.63. The molecule has 0 fully saturated rings. The van der Waals surface area contributed by atoms with E-state index < -0.39 is 5.60 Å². The Balaban J connectivity index is 2.04. The molecule has 3 rings (SSSR count). The Morgan fingerprint density at radius 1 is 1.11 bits per heavy atom. The number of ether oxygens (including phenoxy) is 2. The predicted octanol–water partition coefficient (Wildman–Crippen LogP) is 3.93. The van der Waals surface area contributed by atoms with Crippen LogP contribution in [0, 0.1) is 0 Å². The molecular formula is C21H24ClNO4. The Labute approximate surface area is 164 Å². The van der Waals surface area contributed by atoms with E-state index in [4.69, 9.17) is 21.1 Å². The second kappa shape index (κ2) is 7.79. The summed E-state index contributed by atoms with van der Waals surface area (Å²) in [5.74, 6) is 0.884. The predicted molar refractivity (Wildman–Crippen MR) is 106 cm³/mol. The molecule has 0 radical (unpaired) electrons. The van der Waals surface area contributed by atoms with E-state index in [1.54, 1.807) is 55.5 Å². The van der Waals surface area contributed by atoms with Crippen LogP contribution in [-0.2, 0) is 16.8 Å². The van der Waals surface area contributed by atoms with Crippen molar-refractivity contribution < 1.29 is 19.4 Å². The second-order valence-corrected chi connectivity index (χ2v) is 7.17. The normalized spacial score (nSPS) is 18.6. The van der Waals surface area contributed by atoms with Gasteiger partial charge in [0.2, 0.25) is 0 Å². The fourth-order valence-electron chi connectivity index (χ4n) is 3.50. The first-order valence-electron chi connectivity index (χ1n) is 8.99. The molecule has 144 valence electrons. The van der Waals surface area contributed by atoms with E-state index in [0.717, 1.165) is 24.1 Å². The maximum Gasteiger partial charge on any atom is 0.264 e. The summed E-state index contributed by atoms with van der Waals surface area (Å²) in [5.41, 5.74) is 0.323. The van der Waals surface area contributed by atoms with Crippen LogP contribution >= 0.6 is 11.6 Å². The number of anilines is 1. The molecule has 0 aromatic heterocycles. The van der Waals surface area contributed by atoms with Crippen molar-refractivity contribution in [2.24, 2.45) is 0 Å².